The minimum Gasteiger partial charge on any atom is -0.357 e. The molecule has 0 aromatic heterocycles. The van der Waals surface area contributed by atoms with E-state index in [0.717, 1.165) is 24.8 Å². The average molecular weight is 308 g/mol. The van der Waals surface area contributed by atoms with Gasteiger partial charge in [0.2, 0.25) is 5.91 Å². The van der Waals surface area contributed by atoms with Crippen molar-refractivity contribution < 1.29 is 4.79 Å². The van der Waals surface area contributed by atoms with E-state index in [1.165, 1.54) is 11.8 Å². The van der Waals surface area contributed by atoms with Crippen LogP contribution in [0.1, 0.15) is 13.8 Å². The molecule has 0 fully saturated rings. The molecule has 1 aromatic carbocycles. The van der Waals surface area contributed by atoms with Crippen molar-refractivity contribution in [2.24, 2.45) is 4.99 Å². The molecule has 0 spiro atoms. The standard InChI is InChI=1S/C15H24N4OS/c1-3-16-15(18-10-9-17-13(2)20)19-11-12-21-14-7-5-4-6-8-14/h4-8H,3,9-12H2,1-2H3,(H,17,20)(H2,16,18,19). The van der Waals surface area contributed by atoms with Crippen molar-refractivity contribution in [2.45, 2.75) is 18.7 Å². The average Bonchev–Trinajstić information content (AvgIpc) is 2.48. The molecule has 1 rings (SSSR count). The molecule has 5 nitrogen and oxygen atoms in total. The molecule has 0 saturated heterocycles. The van der Waals surface area contributed by atoms with Crippen molar-refractivity contribution >= 4 is 23.6 Å². The second-order valence-electron chi connectivity index (χ2n) is 4.33. The van der Waals surface area contributed by atoms with Crippen molar-refractivity contribution in [3.05, 3.63) is 30.3 Å². The molecule has 0 saturated carbocycles. The molecule has 0 aliphatic rings. The van der Waals surface area contributed by atoms with Crippen LogP contribution in [0, 0.1) is 0 Å². The molecule has 0 atom stereocenters. The first-order chi connectivity index (χ1) is 10.2. The first-order valence-electron chi connectivity index (χ1n) is 7.17. The van der Waals surface area contributed by atoms with E-state index in [2.05, 4.69) is 33.1 Å². The third-order valence-corrected chi connectivity index (χ3v) is 3.52. The number of aliphatic imine (C=N–C) groups is 1. The van der Waals surface area contributed by atoms with Crippen molar-refractivity contribution in [3.63, 3.8) is 0 Å². The van der Waals surface area contributed by atoms with Gasteiger partial charge >= 0.3 is 0 Å². The van der Waals surface area contributed by atoms with Crippen LogP contribution in [0.2, 0.25) is 0 Å². The van der Waals surface area contributed by atoms with Crippen LogP contribution in [0.25, 0.3) is 0 Å². The fraction of sp³-hybridized carbons (Fsp3) is 0.467. The van der Waals surface area contributed by atoms with Gasteiger partial charge in [0.25, 0.3) is 0 Å². The Kier molecular flexibility index (Phi) is 9.11. The first kappa shape index (κ1) is 17.4. The first-order valence-corrected chi connectivity index (χ1v) is 8.15. The smallest absolute Gasteiger partial charge is 0.216 e. The highest BCUT2D eigenvalue weighted by molar-refractivity contribution is 7.99. The van der Waals surface area contributed by atoms with E-state index in [1.54, 1.807) is 0 Å². The molecule has 21 heavy (non-hydrogen) atoms. The largest absolute Gasteiger partial charge is 0.357 e. The van der Waals surface area contributed by atoms with Gasteiger partial charge in [0.05, 0.1) is 6.54 Å². The van der Waals surface area contributed by atoms with Crippen LogP contribution in [0.3, 0.4) is 0 Å². The molecular weight excluding hydrogens is 284 g/mol. The molecule has 0 bridgehead atoms. The van der Waals surface area contributed by atoms with E-state index in [0.29, 0.717) is 13.1 Å². The summed E-state index contributed by atoms with van der Waals surface area (Å²) in [5.41, 5.74) is 0. The number of rotatable bonds is 8. The van der Waals surface area contributed by atoms with Gasteiger partial charge in [-0.1, -0.05) is 18.2 Å². The molecule has 0 heterocycles. The Hall–Kier alpha value is -1.69. The second kappa shape index (κ2) is 11.0. The van der Waals surface area contributed by atoms with Gasteiger partial charge in [-0.05, 0) is 19.1 Å². The van der Waals surface area contributed by atoms with Crippen LogP contribution < -0.4 is 16.0 Å². The number of nitrogens with zero attached hydrogens (tertiary/aromatic N) is 1. The zero-order valence-corrected chi connectivity index (χ0v) is 13.5. The lowest BCUT2D eigenvalue weighted by atomic mass is 10.4. The fourth-order valence-corrected chi connectivity index (χ4v) is 2.39. The van der Waals surface area contributed by atoms with Crippen LogP contribution in [-0.4, -0.2) is 43.8 Å². The van der Waals surface area contributed by atoms with Gasteiger partial charge in [-0.25, -0.2) is 0 Å². The Labute approximate surface area is 131 Å². The zero-order chi connectivity index (χ0) is 15.3. The molecule has 3 N–H and O–H groups in total. The number of thioether (sulfide) groups is 1. The predicted molar refractivity (Wildman–Crippen MR) is 89.8 cm³/mol. The number of benzene rings is 1. The van der Waals surface area contributed by atoms with Gasteiger partial charge in [-0.2, -0.15) is 0 Å². The van der Waals surface area contributed by atoms with E-state index in [1.807, 2.05) is 36.9 Å². The lowest BCUT2D eigenvalue weighted by Crippen LogP contribution is -2.39. The summed E-state index contributed by atoms with van der Waals surface area (Å²) in [5, 5.41) is 9.20. The van der Waals surface area contributed by atoms with Gasteiger partial charge < -0.3 is 16.0 Å². The highest BCUT2D eigenvalue weighted by Gasteiger charge is 1.97. The highest BCUT2D eigenvalue weighted by atomic mass is 32.2. The normalized spacial score (nSPS) is 11.0. The van der Waals surface area contributed by atoms with Crippen LogP contribution in [0.15, 0.2) is 40.2 Å². The number of guanidine groups is 1. The number of carbonyl (C=O) groups is 1. The molecule has 0 aliphatic heterocycles. The second-order valence-corrected chi connectivity index (χ2v) is 5.50. The summed E-state index contributed by atoms with van der Waals surface area (Å²) in [5.74, 6) is 1.74. The van der Waals surface area contributed by atoms with E-state index >= 15 is 0 Å². The van der Waals surface area contributed by atoms with Crippen molar-refractivity contribution in [1.82, 2.24) is 16.0 Å². The van der Waals surface area contributed by atoms with Crippen LogP contribution in [-0.2, 0) is 4.79 Å². The van der Waals surface area contributed by atoms with Crippen LogP contribution in [0.5, 0.6) is 0 Å². The molecule has 0 unspecified atom stereocenters. The minimum absolute atomic E-state index is 0.0255. The Morgan fingerprint density at radius 1 is 1.14 bits per heavy atom. The predicted octanol–water partition coefficient (Wildman–Crippen LogP) is 1.47. The zero-order valence-electron chi connectivity index (χ0n) is 12.7. The third kappa shape index (κ3) is 8.96. The van der Waals surface area contributed by atoms with E-state index in [9.17, 15) is 4.79 Å². The van der Waals surface area contributed by atoms with Crippen LogP contribution >= 0.6 is 11.8 Å². The van der Waals surface area contributed by atoms with Gasteiger partial charge in [0.1, 0.15) is 0 Å². The maximum Gasteiger partial charge on any atom is 0.216 e. The van der Waals surface area contributed by atoms with E-state index < -0.39 is 0 Å². The van der Waals surface area contributed by atoms with Gasteiger partial charge in [-0.15, -0.1) is 11.8 Å². The lowest BCUT2D eigenvalue weighted by Gasteiger charge is -2.11. The van der Waals surface area contributed by atoms with Crippen molar-refractivity contribution in [3.8, 4) is 0 Å². The Bertz CT molecular complexity index is 437. The van der Waals surface area contributed by atoms with Crippen molar-refractivity contribution in [1.29, 1.82) is 0 Å². The van der Waals surface area contributed by atoms with Gasteiger partial charge in [0, 0.05) is 37.2 Å². The summed E-state index contributed by atoms with van der Waals surface area (Å²) in [6.45, 7) is 6.33. The summed E-state index contributed by atoms with van der Waals surface area (Å²) >= 11 is 1.81. The third-order valence-electron chi connectivity index (χ3n) is 2.51. The maximum atomic E-state index is 10.8. The lowest BCUT2D eigenvalue weighted by molar-refractivity contribution is -0.118. The van der Waals surface area contributed by atoms with Gasteiger partial charge in [0.15, 0.2) is 5.96 Å². The molecule has 1 amide bonds. The molecule has 1 aromatic rings. The number of hydrogen-bond donors (Lipinski definition) is 3. The maximum absolute atomic E-state index is 10.8. The number of nitrogens with one attached hydrogen (secondary N) is 3. The number of hydrogen-bond acceptors (Lipinski definition) is 3. The number of carbonyl (C=O) groups excluding carboxylic acids is 1. The summed E-state index contributed by atoms with van der Waals surface area (Å²) in [6, 6.07) is 10.3. The topological polar surface area (TPSA) is 65.5 Å². The Morgan fingerprint density at radius 3 is 2.57 bits per heavy atom. The number of amides is 1. The highest BCUT2D eigenvalue weighted by Crippen LogP contribution is 2.15. The van der Waals surface area contributed by atoms with E-state index in [-0.39, 0.29) is 5.91 Å². The molecule has 116 valence electrons. The summed E-state index contributed by atoms with van der Waals surface area (Å²) < 4.78 is 0. The van der Waals surface area contributed by atoms with E-state index in [4.69, 9.17) is 0 Å². The summed E-state index contributed by atoms with van der Waals surface area (Å²) in [7, 11) is 0. The monoisotopic (exact) mass is 308 g/mol. The van der Waals surface area contributed by atoms with Crippen molar-refractivity contribution in [2.75, 3.05) is 31.9 Å². The molecule has 0 aliphatic carbocycles. The summed E-state index contributed by atoms with van der Waals surface area (Å²) in [4.78, 5) is 16.4. The Morgan fingerprint density at radius 2 is 1.90 bits per heavy atom. The van der Waals surface area contributed by atoms with Crippen LogP contribution in [0.4, 0.5) is 0 Å². The molecule has 0 radical (unpaired) electrons. The SMILES string of the molecule is CCNC(=NCCNC(C)=O)NCCSc1ccccc1. The molecular formula is C15H24N4OS. The Balaban J connectivity index is 2.23. The minimum atomic E-state index is -0.0255. The van der Waals surface area contributed by atoms with Gasteiger partial charge in [-0.3, -0.25) is 9.79 Å². The fourth-order valence-electron chi connectivity index (χ4n) is 1.60. The molecule has 6 heteroatoms. The quantitative estimate of drug-likeness (QED) is 0.294. The summed E-state index contributed by atoms with van der Waals surface area (Å²) in [6.07, 6.45) is 0.